The molecular weight excluding hydrogens is 472 g/mol. The average Bonchev–Trinajstić information content (AvgIpc) is 2.89. The number of carbonyl (C=O) groups excluding carboxylic acids is 1. The normalized spacial score (nSPS) is 11.9. The minimum Gasteiger partial charge on any atom is -0.457 e. The Balaban J connectivity index is 1.60. The number of carbonyl (C=O) groups is 1. The molecule has 0 fully saturated rings. The molecule has 0 saturated carbocycles. The monoisotopic (exact) mass is 500 g/mol. The number of ether oxygens (including phenoxy) is 1. The molecule has 0 aliphatic rings. The van der Waals surface area contributed by atoms with Crippen molar-refractivity contribution in [3.63, 3.8) is 0 Å². The first-order valence-corrected chi connectivity index (χ1v) is 13.0. The van der Waals surface area contributed by atoms with Crippen molar-refractivity contribution in [3.05, 3.63) is 120 Å². The van der Waals surface area contributed by atoms with Gasteiger partial charge < -0.3 is 10.1 Å². The minimum absolute atomic E-state index is 0.113. The van der Waals surface area contributed by atoms with E-state index in [1.54, 1.807) is 48.5 Å². The largest absolute Gasteiger partial charge is 0.457 e. The Hall–Kier alpha value is -4.10. The van der Waals surface area contributed by atoms with Crippen LogP contribution in [0.1, 0.15) is 24.1 Å². The van der Waals surface area contributed by atoms with Crippen molar-refractivity contribution < 1.29 is 17.9 Å². The lowest BCUT2D eigenvalue weighted by Gasteiger charge is -2.25. The van der Waals surface area contributed by atoms with E-state index < -0.39 is 15.9 Å². The highest BCUT2D eigenvalue weighted by Crippen LogP contribution is 2.28. The van der Waals surface area contributed by atoms with Gasteiger partial charge in [0.2, 0.25) is 5.91 Å². The summed E-state index contributed by atoms with van der Waals surface area (Å²) >= 11 is 0. The Kier molecular flexibility index (Phi) is 7.71. The first-order valence-electron chi connectivity index (χ1n) is 11.6. The molecule has 1 atom stereocenters. The molecule has 0 aliphatic carbocycles. The lowest BCUT2D eigenvalue weighted by Crippen LogP contribution is -2.41. The molecule has 0 heterocycles. The van der Waals surface area contributed by atoms with Crippen molar-refractivity contribution in [2.75, 3.05) is 10.8 Å². The lowest BCUT2D eigenvalue weighted by molar-refractivity contribution is -0.120. The number of aryl methyl sites for hydroxylation is 1. The molecular formula is C29H28N2O4S. The molecule has 0 aliphatic heterocycles. The van der Waals surface area contributed by atoms with Crippen LogP contribution >= 0.6 is 0 Å². The second-order valence-electron chi connectivity index (χ2n) is 8.43. The number of nitrogens with zero attached hydrogens (tertiary/aromatic N) is 1. The van der Waals surface area contributed by atoms with E-state index in [0.29, 0.717) is 17.2 Å². The first kappa shape index (κ1) is 25.0. The fourth-order valence-electron chi connectivity index (χ4n) is 3.70. The van der Waals surface area contributed by atoms with Crippen molar-refractivity contribution in [1.82, 2.24) is 5.32 Å². The van der Waals surface area contributed by atoms with Crippen LogP contribution in [0.2, 0.25) is 0 Å². The van der Waals surface area contributed by atoms with Crippen LogP contribution in [0.25, 0.3) is 0 Å². The van der Waals surface area contributed by atoms with Crippen molar-refractivity contribution in [3.8, 4) is 11.5 Å². The van der Waals surface area contributed by atoms with Gasteiger partial charge in [0.1, 0.15) is 18.0 Å². The van der Waals surface area contributed by atoms with Gasteiger partial charge in [0.05, 0.1) is 16.6 Å². The molecule has 7 heteroatoms. The van der Waals surface area contributed by atoms with E-state index >= 15 is 0 Å². The molecule has 1 N–H and O–H groups in total. The predicted molar refractivity (Wildman–Crippen MR) is 142 cm³/mol. The number of hydrogen-bond acceptors (Lipinski definition) is 4. The molecule has 0 saturated heterocycles. The molecule has 0 bridgehead atoms. The molecule has 0 unspecified atom stereocenters. The minimum atomic E-state index is -4.01. The van der Waals surface area contributed by atoms with Gasteiger partial charge in [-0.2, -0.15) is 0 Å². The van der Waals surface area contributed by atoms with Gasteiger partial charge in [0, 0.05) is 0 Å². The Morgan fingerprint density at radius 2 is 1.36 bits per heavy atom. The van der Waals surface area contributed by atoms with Crippen LogP contribution in [-0.2, 0) is 14.8 Å². The van der Waals surface area contributed by atoms with Crippen molar-refractivity contribution in [2.45, 2.75) is 24.8 Å². The third kappa shape index (κ3) is 6.12. The van der Waals surface area contributed by atoms with E-state index in [1.807, 2.05) is 74.5 Å². The first-order chi connectivity index (χ1) is 17.3. The van der Waals surface area contributed by atoms with E-state index in [1.165, 1.54) is 0 Å². The zero-order valence-electron chi connectivity index (χ0n) is 20.2. The molecule has 0 aromatic heterocycles. The zero-order chi connectivity index (χ0) is 25.5. The summed E-state index contributed by atoms with van der Waals surface area (Å²) in [5.41, 5.74) is 2.23. The fourth-order valence-corrected chi connectivity index (χ4v) is 5.12. The lowest BCUT2D eigenvalue weighted by atomic mass is 10.1. The number of sulfonamides is 1. The average molecular weight is 501 g/mol. The van der Waals surface area contributed by atoms with Gasteiger partial charge in [-0.05, 0) is 67.9 Å². The van der Waals surface area contributed by atoms with Gasteiger partial charge in [0.15, 0.2) is 0 Å². The highest BCUT2D eigenvalue weighted by Gasteiger charge is 2.27. The van der Waals surface area contributed by atoms with Crippen molar-refractivity contribution in [2.24, 2.45) is 0 Å². The Labute approximate surface area is 212 Å². The number of hydrogen-bond donors (Lipinski definition) is 1. The number of para-hydroxylation sites is 1. The summed E-state index contributed by atoms with van der Waals surface area (Å²) in [6, 6.07) is 31.8. The third-order valence-electron chi connectivity index (χ3n) is 5.68. The third-order valence-corrected chi connectivity index (χ3v) is 7.46. The van der Waals surface area contributed by atoms with Crippen LogP contribution in [0.4, 0.5) is 5.69 Å². The SMILES string of the molecule is Cc1ccc(S(=O)(=O)N(CC(=O)N[C@H](C)c2ccccc2)c2ccc(Oc3ccccc3)cc2)cc1. The van der Waals surface area contributed by atoms with Gasteiger partial charge in [-0.15, -0.1) is 0 Å². The highest BCUT2D eigenvalue weighted by molar-refractivity contribution is 7.92. The number of rotatable bonds is 9. The van der Waals surface area contributed by atoms with E-state index in [4.69, 9.17) is 4.74 Å². The van der Waals surface area contributed by atoms with Crippen LogP contribution in [0, 0.1) is 6.92 Å². The number of nitrogens with one attached hydrogen (secondary N) is 1. The van der Waals surface area contributed by atoms with Crippen LogP contribution in [0.15, 0.2) is 114 Å². The molecule has 1 amide bonds. The van der Waals surface area contributed by atoms with Gasteiger partial charge in [-0.1, -0.05) is 66.2 Å². The van der Waals surface area contributed by atoms with Crippen LogP contribution < -0.4 is 14.4 Å². The summed E-state index contributed by atoms with van der Waals surface area (Å²) in [7, 11) is -4.01. The molecule has 184 valence electrons. The second-order valence-corrected chi connectivity index (χ2v) is 10.3. The summed E-state index contributed by atoms with van der Waals surface area (Å²) in [6.07, 6.45) is 0. The molecule has 0 spiro atoms. The second kappa shape index (κ2) is 11.1. The topological polar surface area (TPSA) is 75.7 Å². The molecule has 4 rings (SSSR count). The van der Waals surface area contributed by atoms with Crippen molar-refractivity contribution >= 4 is 21.6 Å². The Morgan fingerprint density at radius 1 is 0.806 bits per heavy atom. The predicted octanol–water partition coefficient (Wildman–Crippen LogP) is 5.86. The highest BCUT2D eigenvalue weighted by atomic mass is 32.2. The van der Waals surface area contributed by atoms with Crippen LogP contribution in [0.5, 0.6) is 11.5 Å². The summed E-state index contributed by atoms with van der Waals surface area (Å²) in [6.45, 7) is 3.38. The van der Waals surface area contributed by atoms with Gasteiger partial charge in [-0.25, -0.2) is 8.42 Å². The molecule has 4 aromatic carbocycles. The van der Waals surface area contributed by atoms with E-state index in [2.05, 4.69) is 5.32 Å². The summed E-state index contributed by atoms with van der Waals surface area (Å²) < 4.78 is 34.2. The summed E-state index contributed by atoms with van der Waals surface area (Å²) in [5.74, 6) is 0.815. The van der Waals surface area contributed by atoms with Crippen molar-refractivity contribution in [1.29, 1.82) is 0 Å². The molecule has 6 nitrogen and oxygen atoms in total. The molecule has 36 heavy (non-hydrogen) atoms. The summed E-state index contributed by atoms with van der Waals surface area (Å²) in [4.78, 5) is 13.1. The van der Waals surface area contributed by atoms with Gasteiger partial charge >= 0.3 is 0 Å². The molecule has 0 radical (unpaired) electrons. The maximum Gasteiger partial charge on any atom is 0.264 e. The fraction of sp³-hybridized carbons (Fsp3) is 0.138. The van der Waals surface area contributed by atoms with E-state index in [9.17, 15) is 13.2 Å². The van der Waals surface area contributed by atoms with Crippen LogP contribution in [0.3, 0.4) is 0 Å². The van der Waals surface area contributed by atoms with Gasteiger partial charge in [-0.3, -0.25) is 9.10 Å². The van der Waals surface area contributed by atoms with Crippen LogP contribution in [-0.4, -0.2) is 20.9 Å². The maximum absolute atomic E-state index is 13.6. The smallest absolute Gasteiger partial charge is 0.264 e. The number of benzene rings is 4. The van der Waals surface area contributed by atoms with Gasteiger partial charge in [0.25, 0.3) is 10.0 Å². The Bertz CT molecular complexity index is 1390. The maximum atomic E-state index is 13.6. The zero-order valence-corrected chi connectivity index (χ0v) is 21.0. The quantitative estimate of drug-likeness (QED) is 0.312. The van der Waals surface area contributed by atoms with E-state index in [0.717, 1.165) is 15.4 Å². The van der Waals surface area contributed by atoms with E-state index in [-0.39, 0.29) is 17.5 Å². The number of amides is 1. The Morgan fingerprint density at radius 3 is 1.97 bits per heavy atom. The number of anilines is 1. The molecule has 4 aromatic rings. The summed E-state index contributed by atoms with van der Waals surface area (Å²) in [5, 5.41) is 2.90. The standard InChI is InChI=1S/C29H28N2O4S/c1-22-13-19-28(20-14-22)36(33,34)31(21-29(32)30-23(2)24-9-5-3-6-10-24)25-15-17-27(18-16-25)35-26-11-7-4-8-12-26/h3-20,23H,21H2,1-2H3,(H,30,32)/t23-/m1/s1.